The quantitative estimate of drug-likeness (QED) is 0.634. The van der Waals surface area contributed by atoms with Gasteiger partial charge in [0.1, 0.15) is 6.61 Å². The fourth-order valence-corrected chi connectivity index (χ4v) is 0.951. The van der Waals surface area contributed by atoms with E-state index >= 15 is 0 Å². The number of hydrogen-bond donors (Lipinski definition) is 0. The van der Waals surface area contributed by atoms with Gasteiger partial charge in [0, 0.05) is 5.33 Å². The first kappa shape index (κ1) is 12.7. The average Bonchev–Trinajstić information content (AvgIpc) is 2.15. The summed E-state index contributed by atoms with van der Waals surface area (Å²) in [7, 11) is 0. The third-order valence-electron chi connectivity index (χ3n) is 1.32. The molecular weight excluding hydrogens is 300 g/mol. The van der Waals surface area contributed by atoms with Crippen molar-refractivity contribution in [3.05, 3.63) is 35.9 Å². The van der Waals surface area contributed by atoms with Gasteiger partial charge in [0.25, 0.3) is 0 Å². The van der Waals surface area contributed by atoms with Crippen LogP contribution in [0.25, 0.3) is 0 Å². The SMILES string of the molecule is Br.O=C(OCCBr)c1ccccc1. The van der Waals surface area contributed by atoms with Gasteiger partial charge in [0.15, 0.2) is 0 Å². The lowest BCUT2D eigenvalue weighted by atomic mass is 10.2. The summed E-state index contributed by atoms with van der Waals surface area (Å²) in [6, 6.07) is 8.95. The summed E-state index contributed by atoms with van der Waals surface area (Å²) in [5.74, 6) is -0.268. The standard InChI is InChI=1S/C9H9BrO2.BrH/c10-6-7-12-9(11)8-4-2-1-3-5-8;/h1-5H,6-7H2;1H. The fraction of sp³-hybridized carbons (Fsp3) is 0.222. The number of benzene rings is 1. The molecule has 2 nitrogen and oxygen atoms in total. The van der Waals surface area contributed by atoms with Crippen LogP contribution in [0.15, 0.2) is 30.3 Å². The van der Waals surface area contributed by atoms with E-state index in [-0.39, 0.29) is 23.0 Å². The van der Waals surface area contributed by atoms with Crippen LogP contribution in [-0.4, -0.2) is 17.9 Å². The van der Waals surface area contributed by atoms with Crippen LogP contribution in [0.1, 0.15) is 10.4 Å². The largest absolute Gasteiger partial charge is 0.461 e. The van der Waals surface area contributed by atoms with E-state index in [1.165, 1.54) is 0 Å². The molecule has 1 aromatic rings. The molecule has 1 aromatic carbocycles. The molecule has 0 radical (unpaired) electrons. The molecule has 0 heterocycles. The van der Waals surface area contributed by atoms with Gasteiger partial charge in [0.05, 0.1) is 5.56 Å². The van der Waals surface area contributed by atoms with Crippen LogP contribution in [0, 0.1) is 0 Å². The Bertz CT molecular complexity index is 249. The van der Waals surface area contributed by atoms with Crippen molar-refractivity contribution in [3.63, 3.8) is 0 Å². The summed E-state index contributed by atoms with van der Waals surface area (Å²) in [5.41, 5.74) is 0.596. The summed E-state index contributed by atoms with van der Waals surface area (Å²) in [4.78, 5) is 11.2. The number of carbonyl (C=O) groups excluding carboxylic acids is 1. The van der Waals surface area contributed by atoms with Gasteiger partial charge in [0.2, 0.25) is 0 Å². The molecule has 0 atom stereocenters. The Labute approximate surface area is 96.2 Å². The van der Waals surface area contributed by atoms with Crippen LogP contribution in [-0.2, 0) is 4.74 Å². The Morgan fingerprint density at radius 2 is 1.92 bits per heavy atom. The van der Waals surface area contributed by atoms with Crippen molar-refractivity contribution < 1.29 is 9.53 Å². The summed E-state index contributed by atoms with van der Waals surface area (Å²) < 4.78 is 4.89. The van der Waals surface area contributed by atoms with Gasteiger partial charge in [-0.05, 0) is 12.1 Å². The Morgan fingerprint density at radius 1 is 1.31 bits per heavy atom. The van der Waals surface area contributed by atoms with Gasteiger partial charge in [-0.15, -0.1) is 17.0 Å². The van der Waals surface area contributed by atoms with Gasteiger partial charge in [-0.25, -0.2) is 4.79 Å². The van der Waals surface area contributed by atoms with Gasteiger partial charge in [-0.1, -0.05) is 34.1 Å². The molecule has 0 fully saturated rings. The lowest BCUT2D eigenvalue weighted by molar-refractivity contribution is 0.0531. The van der Waals surface area contributed by atoms with E-state index in [4.69, 9.17) is 4.74 Å². The molecule has 0 spiro atoms. The van der Waals surface area contributed by atoms with E-state index in [9.17, 15) is 4.79 Å². The predicted octanol–water partition coefficient (Wildman–Crippen LogP) is 2.82. The number of alkyl halides is 1. The van der Waals surface area contributed by atoms with E-state index < -0.39 is 0 Å². The Morgan fingerprint density at radius 3 is 2.46 bits per heavy atom. The van der Waals surface area contributed by atoms with E-state index in [1.54, 1.807) is 12.1 Å². The van der Waals surface area contributed by atoms with Crippen LogP contribution in [0.4, 0.5) is 0 Å². The second-order valence-electron chi connectivity index (χ2n) is 2.19. The van der Waals surface area contributed by atoms with Gasteiger partial charge in [-0.2, -0.15) is 0 Å². The normalized spacial score (nSPS) is 8.69. The summed E-state index contributed by atoms with van der Waals surface area (Å²) in [6.45, 7) is 0.410. The molecule has 0 aliphatic rings. The first-order valence-corrected chi connectivity index (χ1v) is 4.75. The van der Waals surface area contributed by atoms with Crippen molar-refractivity contribution in [2.75, 3.05) is 11.9 Å². The summed E-state index contributed by atoms with van der Waals surface area (Å²) >= 11 is 3.17. The number of ether oxygens (including phenoxy) is 1. The minimum Gasteiger partial charge on any atom is -0.461 e. The Hall–Kier alpha value is -0.350. The average molecular weight is 310 g/mol. The van der Waals surface area contributed by atoms with Crippen molar-refractivity contribution in [1.29, 1.82) is 0 Å². The summed E-state index contributed by atoms with van der Waals surface area (Å²) in [6.07, 6.45) is 0. The fourth-order valence-electron chi connectivity index (χ4n) is 0.789. The zero-order chi connectivity index (χ0) is 8.81. The molecule has 1 rings (SSSR count). The van der Waals surface area contributed by atoms with Crippen LogP contribution < -0.4 is 0 Å². The molecule has 0 aliphatic heterocycles. The van der Waals surface area contributed by atoms with Crippen LogP contribution in [0.2, 0.25) is 0 Å². The third kappa shape index (κ3) is 4.43. The third-order valence-corrected chi connectivity index (χ3v) is 1.64. The molecular formula is C9H10Br2O2. The monoisotopic (exact) mass is 308 g/mol. The van der Waals surface area contributed by atoms with E-state index in [0.717, 1.165) is 0 Å². The van der Waals surface area contributed by atoms with Crippen molar-refractivity contribution in [1.82, 2.24) is 0 Å². The maximum Gasteiger partial charge on any atom is 0.338 e. The van der Waals surface area contributed by atoms with Gasteiger partial charge >= 0.3 is 5.97 Å². The number of hydrogen-bond acceptors (Lipinski definition) is 2. The molecule has 0 saturated carbocycles. The van der Waals surface area contributed by atoms with Gasteiger partial charge in [-0.3, -0.25) is 0 Å². The predicted molar refractivity (Wildman–Crippen MR) is 60.8 cm³/mol. The topological polar surface area (TPSA) is 26.3 Å². The van der Waals surface area contributed by atoms with Crippen LogP contribution in [0.3, 0.4) is 0 Å². The molecule has 0 aliphatic carbocycles. The highest BCUT2D eigenvalue weighted by Gasteiger charge is 2.03. The number of halogens is 2. The second kappa shape index (κ2) is 7.09. The van der Waals surface area contributed by atoms with E-state index in [1.807, 2.05) is 18.2 Å². The number of carbonyl (C=O) groups is 1. The lowest BCUT2D eigenvalue weighted by Crippen LogP contribution is -2.06. The van der Waals surface area contributed by atoms with Crippen molar-refractivity contribution in [2.45, 2.75) is 0 Å². The first-order chi connectivity index (χ1) is 5.84. The molecule has 0 aromatic heterocycles. The molecule has 0 unspecified atom stereocenters. The Balaban J connectivity index is 0.00000144. The van der Waals surface area contributed by atoms with Crippen molar-refractivity contribution in [2.24, 2.45) is 0 Å². The Kier molecular flexibility index (Phi) is 6.90. The lowest BCUT2D eigenvalue weighted by Gasteiger charge is -2.00. The molecule has 72 valence electrons. The van der Waals surface area contributed by atoms with E-state index in [2.05, 4.69) is 15.9 Å². The van der Waals surface area contributed by atoms with Crippen molar-refractivity contribution in [3.8, 4) is 0 Å². The van der Waals surface area contributed by atoms with E-state index in [0.29, 0.717) is 17.5 Å². The van der Waals surface area contributed by atoms with Crippen LogP contribution in [0.5, 0.6) is 0 Å². The highest BCUT2D eigenvalue weighted by molar-refractivity contribution is 9.09. The maximum absolute atomic E-state index is 11.2. The van der Waals surface area contributed by atoms with Crippen LogP contribution >= 0.6 is 32.9 Å². The molecule has 0 saturated heterocycles. The molecule has 0 amide bonds. The number of rotatable bonds is 3. The molecule has 0 N–H and O–H groups in total. The maximum atomic E-state index is 11.2. The molecule has 0 bridgehead atoms. The highest BCUT2D eigenvalue weighted by Crippen LogP contribution is 2.00. The van der Waals surface area contributed by atoms with Crippen molar-refractivity contribution >= 4 is 38.9 Å². The first-order valence-electron chi connectivity index (χ1n) is 3.62. The number of esters is 1. The second-order valence-corrected chi connectivity index (χ2v) is 2.98. The minimum absolute atomic E-state index is 0. The minimum atomic E-state index is -0.268. The molecule has 4 heteroatoms. The summed E-state index contributed by atoms with van der Waals surface area (Å²) in [5, 5.41) is 0.672. The zero-order valence-corrected chi connectivity index (χ0v) is 10.2. The highest BCUT2D eigenvalue weighted by atomic mass is 79.9. The smallest absolute Gasteiger partial charge is 0.338 e. The molecule has 13 heavy (non-hydrogen) atoms. The zero-order valence-electron chi connectivity index (χ0n) is 6.90. The van der Waals surface area contributed by atoms with Gasteiger partial charge < -0.3 is 4.74 Å².